The van der Waals surface area contributed by atoms with E-state index in [1.165, 1.54) is 12.7 Å². The molecule has 2 aliphatic rings. The van der Waals surface area contributed by atoms with Gasteiger partial charge in [-0.3, -0.25) is 4.57 Å². The van der Waals surface area contributed by atoms with E-state index in [0.29, 0.717) is 23.6 Å². The number of nitrogens with one attached hydrogen (secondary N) is 1. The molecule has 33 heavy (non-hydrogen) atoms. The highest BCUT2D eigenvalue weighted by atomic mass is 16.6. The number of aliphatic hydroxyl groups is 3. The quantitative estimate of drug-likeness (QED) is 0.342. The van der Waals surface area contributed by atoms with E-state index in [4.69, 9.17) is 9.47 Å². The molecular formula is C22H27N5O6. The van der Waals surface area contributed by atoms with Crippen molar-refractivity contribution in [3.8, 4) is 5.75 Å². The topological polar surface area (TPSA) is 155 Å². The van der Waals surface area contributed by atoms with Gasteiger partial charge in [0.2, 0.25) is 0 Å². The number of ether oxygens (including phenoxy) is 2. The number of nitrogens with zero attached hydrogens (tertiary/aromatic N) is 4. The van der Waals surface area contributed by atoms with Crippen LogP contribution in [0.2, 0.25) is 0 Å². The summed E-state index contributed by atoms with van der Waals surface area (Å²) < 4.78 is 13.3. The van der Waals surface area contributed by atoms with Gasteiger partial charge in [0.25, 0.3) is 0 Å². The van der Waals surface area contributed by atoms with Crippen LogP contribution in [0.5, 0.6) is 5.75 Å². The lowest BCUT2D eigenvalue weighted by Gasteiger charge is -2.22. The van der Waals surface area contributed by atoms with Crippen LogP contribution in [-0.4, -0.2) is 77.0 Å². The second-order valence-corrected chi connectivity index (χ2v) is 8.47. The van der Waals surface area contributed by atoms with Crippen molar-refractivity contribution < 1.29 is 29.9 Å². The maximum absolute atomic E-state index is 10.4. The van der Waals surface area contributed by atoms with Crippen molar-refractivity contribution in [3.05, 3.63) is 42.5 Å². The smallest absolute Gasteiger partial charge is 0.167 e. The Labute approximate surface area is 189 Å². The number of anilines is 1. The molecule has 0 bridgehead atoms. The van der Waals surface area contributed by atoms with Crippen molar-refractivity contribution in [2.24, 2.45) is 0 Å². The SMILES string of the molecule is OCC1OC(n2cnc3c(N[C@@H]4CCC[C@H]4OCc4ccc(O)cc4)ncnc32)[C@H](O)[C@@H]1O. The molecule has 3 heterocycles. The zero-order valence-corrected chi connectivity index (χ0v) is 17.9. The Hall–Kier alpha value is -2.83. The van der Waals surface area contributed by atoms with Crippen LogP contribution in [0.15, 0.2) is 36.9 Å². The van der Waals surface area contributed by atoms with Crippen molar-refractivity contribution in [2.75, 3.05) is 11.9 Å². The number of hydrogen-bond donors (Lipinski definition) is 5. The molecular weight excluding hydrogens is 430 g/mol. The van der Waals surface area contributed by atoms with E-state index < -0.39 is 31.1 Å². The minimum absolute atomic E-state index is 0.00801. The van der Waals surface area contributed by atoms with Crippen molar-refractivity contribution in [2.45, 2.75) is 62.6 Å². The van der Waals surface area contributed by atoms with Crippen LogP contribution < -0.4 is 5.32 Å². The summed E-state index contributed by atoms with van der Waals surface area (Å²) in [6.45, 7) is 0.0402. The van der Waals surface area contributed by atoms with Crippen LogP contribution in [0, 0.1) is 0 Å². The van der Waals surface area contributed by atoms with Crippen molar-refractivity contribution >= 4 is 17.0 Å². The van der Waals surface area contributed by atoms with E-state index in [1.807, 2.05) is 12.1 Å². The van der Waals surface area contributed by atoms with Crippen LogP contribution >= 0.6 is 0 Å². The fraction of sp³-hybridized carbons (Fsp3) is 0.500. The molecule has 1 aliphatic heterocycles. The third-order valence-electron chi connectivity index (χ3n) is 6.33. The molecule has 11 nitrogen and oxygen atoms in total. The molecule has 5 rings (SSSR count). The molecule has 2 unspecified atom stereocenters. The maximum Gasteiger partial charge on any atom is 0.167 e. The molecule has 0 radical (unpaired) electrons. The summed E-state index contributed by atoms with van der Waals surface area (Å²) in [6, 6.07) is 7.00. The lowest BCUT2D eigenvalue weighted by Crippen LogP contribution is -2.33. The van der Waals surface area contributed by atoms with Gasteiger partial charge in [-0.25, -0.2) is 15.0 Å². The molecule has 2 aromatic heterocycles. The summed E-state index contributed by atoms with van der Waals surface area (Å²) in [5.74, 6) is 0.777. The first-order valence-electron chi connectivity index (χ1n) is 11.0. The molecule has 0 spiro atoms. The molecule has 1 saturated carbocycles. The average Bonchev–Trinajstić information content (AvgIpc) is 3.52. The zero-order valence-electron chi connectivity index (χ0n) is 17.9. The monoisotopic (exact) mass is 457 g/mol. The number of rotatable bonds is 7. The van der Waals surface area contributed by atoms with Crippen molar-refractivity contribution in [1.82, 2.24) is 19.5 Å². The normalized spacial score (nSPS) is 29.7. The van der Waals surface area contributed by atoms with Gasteiger partial charge in [-0.15, -0.1) is 0 Å². The Kier molecular flexibility index (Phi) is 6.13. The van der Waals surface area contributed by atoms with Crippen LogP contribution in [0.25, 0.3) is 11.2 Å². The Morgan fingerprint density at radius 1 is 1.09 bits per heavy atom. The highest BCUT2D eigenvalue weighted by Gasteiger charge is 2.44. The fourth-order valence-corrected chi connectivity index (χ4v) is 4.52. The van der Waals surface area contributed by atoms with E-state index in [-0.39, 0.29) is 17.9 Å². The third kappa shape index (κ3) is 4.25. The molecule has 1 aromatic carbocycles. The molecule has 5 N–H and O–H groups in total. The molecule has 0 amide bonds. The van der Waals surface area contributed by atoms with Gasteiger partial charge in [-0.1, -0.05) is 12.1 Å². The number of aliphatic hydroxyl groups excluding tert-OH is 3. The number of fused-ring (bicyclic) bond motifs is 1. The van der Waals surface area contributed by atoms with Crippen LogP contribution in [0.4, 0.5) is 5.82 Å². The van der Waals surface area contributed by atoms with Crippen LogP contribution in [0.1, 0.15) is 31.1 Å². The van der Waals surface area contributed by atoms with E-state index in [0.717, 1.165) is 24.8 Å². The van der Waals surface area contributed by atoms with Gasteiger partial charge in [0, 0.05) is 0 Å². The van der Waals surface area contributed by atoms with Gasteiger partial charge < -0.3 is 35.2 Å². The highest BCUT2D eigenvalue weighted by Crippen LogP contribution is 2.33. The Morgan fingerprint density at radius 2 is 1.91 bits per heavy atom. The largest absolute Gasteiger partial charge is 0.508 e. The second-order valence-electron chi connectivity index (χ2n) is 8.47. The maximum atomic E-state index is 10.4. The minimum atomic E-state index is -1.22. The number of aromatic nitrogens is 4. The first-order valence-corrected chi connectivity index (χ1v) is 11.0. The van der Waals surface area contributed by atoms with E-state index in [1.54, 1.807) is 16.7 Å². The van der Waals surface area contributed by atoms with E-state index in [9.17, 15) is 20.4 Å². The van der Waals surface area contributed by atoms with Gasteiger partial charge in [0.05, 0.1) is 31.7 Å². The fourth-order valence-electron chi connectivity index (χ4n) is 4.52. The first kappa shape index (κ1) is 22.0. The van der Waals surface area contributed by atoms with Gasteiger partial charge in [-0.05, 0) is 37.0 Å². The zero-order chi connectivity index (χ0) is 22.9. The summed E-state index contributed by atoms with van der Waals surface area (Å²) in [4.78, 5) is 13.1. The summed E-state index contributed by atoms with van der Waals surface area (Å²) in [5.41, 5.74) is 1.95. The van der Waals surface area contributed by atoms with Gasteiger partial charge in [0.1, 0.15) is 30.4 Å². The van der Waals surface area contributed by atoms with Crippen LogP contribution in [0.3, 0.4) is 0 Å². The molecule has 3 aromatic rings. The predicted octanol–water partition coefficient (Wildman–Crippen LogP) is 0.693. The Balaban J connectivity index is 1.31. The number of imidazole rings is 1. The lowest BCUT2D eigenvalue weighted by atomic mass is 10.1. The second kappa shape index (κ2) is 9.20. The van der Waals surface area contributed by atoms with Gasteiger partial charge >= 0.3 is 0 Å². The van der Waals surface area contributed by atoms with Crippen molar-refractivity contribution in [1.29, 1.82) is 0 Å². The Bertz CT molecular complexity index is 1090. The number of aromatic hydroxyl groups is 1. The van der Waals surface area contributed by atoms with E-state index in [2.05, 4.69) is 20.3 Å². The van der Waals surface area contributed by atoms with Crippen molar-refractivity contribution in [3.63, 3.8) is 0 Å². The Morgan fingerprint density at radius 3 is 2.67 bits per heavy atom. The minimum Gasteiger partial charge on any atom is -0.508 e. The van der Waals surface area contributed by atoms with Crippen LogP contribution in [-0.2, 0) is 16.1 Å². The molecule has 11 heteroatoms. The number of hydrogen-bond acceptors (Lipinski definition) is 10. The average molecular weight is 457 g/mol. The number of benzene rings is 1. The lowest BCUT2D eigenvalue weighted by molar-refractivity contribution is -0.0511. The van der Waals surface area contributed by atoms with Gasteiger partial charge in [-0.2, -0.15) is 0 Å². The molecule has 1 saturated heterocycles. The molecule has 1 aliphatic carbocycles. The standard InChI is InChI=1S/C22H27N5O6/c28-8-16-18(30)19(31)22(33-16)27-11-25-17-20(23-10-24-21(17)27)26-14-2-1-3-15(14)32-9-12-4-6-13(29)7-5-12/h4-7,10-11,14-16,18-19,22,28-31H,1-3,8-9H2,(H,23,24,26)/t14-,15-,16?,18-,19-,22?/m1/s1. The predicted molar refractivity (Wildman–Crippen MR) is 116 cm³/mol. The molecule has 6 atom stereocenters. The summed E-state index contributed by atoms with van der Waals surface area (Å²) in [6.07, 6.45) is 1.51. The summed E-state index contributed by atoms with van der Waals surface area (Å²) >= 11 is 0. The molecule has 176 valence electrons. The number of phenolic OH excluding ortho intramolecular Hbond substituents is 1. The highest BCUT2D eigenvalue weighted by molar-refractivity contribution is 5.82. The summed E-state index contributed by atoms with van der Waals surface area (Å²) in [5, 5.41) is 42.7. The first-order chi connectivity index (χ1) is 16.0. The summed E-state index contributed by atoms with van der Waals surface area (Å²) in [7, 11) is 0. The van der Waals surface area contributed by atoms with Gasteiger partial charge in [0.15, 0.2) is 23.2 Å². The van der Waals surface area contributed by atoms with E-state index >= 15 is 0 Å². The third-order valence-corrected chi connectivity index (χ3v) is 6.33. The number of phenols is 1. The molecule has 2 fully saturated rings.